The number of hydrogen-bond acceptors (Lipinski definition) is 5. The molecule has 3 atom stereocenters. The number of benzene rings is 2. The molecule has 2 aromatic carbocycles. The van der Waals surface area contributed by atoms with Gasteiger partial charge in [-0.05, 0) is 42.9 Å². The van der Waals surface area contributed by atoms with Crippen LogP contribution < -0.4 is 10.1 Å². The standard InChI is InChI=1S/C29H34F4N2O4/c1-37-28(29(31,32)33,20-5-3-2-4-6-20)26(36)35-14-11-27(12-15-35)10-13-34-18-24(27)23-8-7-21(30)17-25(23)39-22-9-16-38-19-22/h2-8,17,22,24,34H,9-16,18-19H2,1H3/t22-,24?,28-/m1/s1. The van der Waals surface area contributed by atoms with Crippen LogP contribution in [0.5, 0.6) is 5.75 Å². The second-order valence-corrected chi connectivity index (χ2v) is 10.7. The van der Waals surface area contributed by atoms with Crippen LogP contribution in [-0.4, -0.2) is 69.6 Å². The van der Waals surface area contributed by atoms with Crippen molar-refractivity contribution < 1.29 is 36.6 Å². The van der Waals surface area contributed by atoms with E-state index in [9.17, 15) is 22.4 Å². The van der Waals surface area contributed by atoms with Gasteiger partial charge in [-0.25, -0.2) is 4.39 Å². The summed E-state index contributed by atoms with van der Waals surface area (Å²) in [6.45, 7) is 2.76. The molecule has 5 rings (SSSR count). The first-order chi connectivity index (χ1) is 18.7. The first kappa shape index (κ1) is 27.9. The van der Waals surface area contributed by atoms with E-state index in [4.69, 9.17) is 14.2 Å². The summed E-state index contributed by atoms with van der Waals surface area (Å²) in [6, 6.07) is 11.7. The van der Waals surface area contributed by atoms with Gasteiger partial charge in [-0.3, -0.25) is 4.79 Å². The van der Waals surface area contributed by atoms with Crippen molar-refractivity contribution in [3.63, 3.8) is 0 Å². The topological polar surface area (TPSA) is 60.0 Å². The molecule has 212 valence electrons. The second kappa shape index (κ2) is 11.1. The summed E-state index contributed by atoms with van der Waals surface area (Å²) in [4.78, 5) is 14.9. The first-order valence-electron chi connectivity index (χ1n) is 13.4. The molecule has 0 aromatic heterocycles. The predicted octanol–water partition coefficient (Wildman–Crippen LogP) is 4.78. The monoisotopic (exact) mass is 550 g/mol. The number of hydrogen-bond donors (Lipinski definition) is 1. The van der Waals surface area contributed by atoms with Gasteiger partial charge in [-0.1, -0.05) is 36.4 Å². The smallest absolute Gasteiger partial charge is 0.430 e. The molecule has 1 N–H and O–H groups in total. The number of alkyl halides is 3. The number of rotatable bonds is 6. The fourth-order valence-electron chi connectivity index (χ4n) is 6.48. The molecule has 3 aliphatic heterocycles. The van der Waals surface area contributed by atoms with E-state index in [1.54, 1.807) is 12.1 Å². The van der Waals surface area contributed by atoms with Crippen molar-refractivity contribution in [3.05, 3.63) is 65.5 Å². The quantitative estimate of drug-likeness (QED) is 0.525. The van der Waals surface area contributed by atoms with E-state index in [-0.39, 0.29) is 36.1 Å². The molecule has 10 heteroatoms. The predicted molar refractivity (Wildman–Crippen MR) is 136 cm³/mol. The van der Waals surface area contributed by atoms with Crippen LogP contribution in [0.3, 0.4) is 0 Å². The van der Waals surface area contributed by atoms with Gasteiger partial charge in [0.2, 0.25) is 0 Å². The Morgan fingerprint density at radius 3 is 2.49 bits per heavy atom. The summed E-state index contributed by atoms with van der Waals surface area (Å²) in [5.74, 6) is -1.06. The molecule has 39 heavy (non-hydrogen) atoms. The molecule has 0 aliphatic carbocycles. The summed E-state index contributed by atoms with van der Waals surface area (Å²) in [7, 11) is 0.929. The van der Waals surface area contributed by atoms with E-state index in [0.29, 0.717) is 38.3 Å². The van der Waals surface area contributed by atoms with Crippen molar-refractivity contribution in [1.29, 1.82) is 0 Å². The van der Waals surface area contributed by atoms with Gasteiger partial charge in [0, 0.05) is 50.7 Å². The molecule has 3 fully saturated rings. The minimum Gasteiger partial charge on any atom is -0.488 e. The molecule has 1 spiro atoms. The van der Waals surface area contributed by atoms with E-state index in [2.05, 4.69) is 5.32 Å². The molecule has 1 unspecified atom stereocenters. The first-order valence-corrected chi connectivity index (χ1v) is 13.4. The average molecular weight is 551 g/mol. The van der Waals surface area contributed by atoms with Crippen LogP contribution in [0.4, 0.5) is 17.6 Å². The van der Waals surface area contributed by atoms with Gasteiger partial charge in [-0.2, -0.15) is 13.2 Å². The fourth-order valence-corrected chi connectivity index (χ4v) is 6.48. The molecule has 0 bridgehead atoms. The van der Waals surface area contributed by atoms with E-state index in [1.165, 1.54) is 41.3 Å². The lowest BCUT2D eigenvalue weighted by Gasteiger charge is -2.51. The minimum atomic E-state index is -4.95. The van der Waals surface area contributed by atoms with Crippen LogP contribution in [0.25, 0.3) is 0 Å². The van der Waals surface area contributed by atoms with Gasteiger partial charge in [0.05, 0.1) is 13.2 Å². The van der Waals surface area contributed by atoms with Crippen molar-refractivity contribution in [2.75, 3.05) is 46.5 Å². The normalized spacial score (nSPS) is 24.9. The largest absolute Gasteiger partial charge is 0.488 e. The average Bonchev–Trinajstić information content (AvgIpc) is 3.43. The highest BCUT2D eigenvalue weighted by Crippen LogP contribution is 2.52. The maximum absolute atomic E-state index is 14.5. The third kappa shape index (κ3) is 5.14. The number of carbonyl (C=O) groups is 1. The number of nitrogens with zero attached hydrogens (tertiary/aromatic N) is 1. The van der Waals surface area contributed by atoms with Crippen LogP contribution in [-0.2, 0) is 19.9 Å². The second-order valence-electron chi connectivity index (χ2n) is 10.7. The Bertz CT molecular complexity index is 1150. The maximum atomic E-state index is 14.5. The molecule has 1 amide bonds. The maximum Gasteiger partial charge on any atom is 0.430 e. The Morgan fingerprint density at radius 2 is 1.85 bits per heavy atom. The number of piperidine rings is 2. The van der Waals surface area contributed by atoms with Crippen molar-refractivity contribution in [2.24, 2.45) is 5.41 Å². The van der Waals surface area contributed by atoms with Gasteiger partial charge in [0.25, 0.3) is 11.5 Å². The lowest BCUT2D eigenvalue weighted by atomic mass is 9.62. The summed E-state index contributed by atoms with van der Waals surface area (Å²) in [5.41, 5.74) is -2.71. The molecule has 3 aliphatic rings. The van der Waals surface area contributed by atoms with Gasteiger partial charge in [0.15, 0.2) is 0 Å². The van der Waals surface area contributed by atoms with E-state index in [0.717, 1.165) is 32.1 Å². The zero-order chi connectivity index (χ0) is 27.7. The number of halogens is 4. The Balaban J connectivity index is 1.40. The SMILES string of the molecule is CO[C@@](C(=O)N1CCC2(CCNCC2c2ccc(F)cc2O[C@@H]2CCOC2)CC1)(c1ccccc1)C(F)(F)F. The third-order valence-corrected chi connectivity index (χ3v) is 8.65. The summed E-state index contributed by atoms with van der Waals surface area (Å²) >= 11 is 0. The third-order valence-electron chi connectivity index (χ3n) is 8.65. The number of nitrogens with one attached hydrogen (secondary N) is 1. The number of ether oxygens (including phenoxy) is 3. The summed E-state index contributed by atoms with van der Waals surface area (Å²) < 4.78 is 74.4. The Morgan fingerprint density at radius 1 is 1.10 bits per heavy atom. The number of likely N-dealkylation sites (tertiary alicyclic amines) is 1. The molecule has 3 heterocycles. The number of amides is 1. The van der Waals surface area contributed by atoms with E-state index < -0.39 is 23.5 Å². The Hall–Kier alpha value is -2.69. The number of methoxy groups -OCH3 is 1. The lowest BCUT2D eigenvalue weighted by Crippen LogP contribution is -2.59. The molecular weight excluding hydrogens is 516 g/mol. The zero-order valence-electron chi connectivity index (χ0n) is 21.9. The fraction of sp³-hybridized carbons (Fsp3) is 0.552. The highest BCUT2D eigenvalue weighted by atomic mass is 19.4. The summed E-state index contributed by atoms with van der Waals surface area (Å²) in [5, 5.41) is 3.43. The van der Waals surface area contributed by atoms with Crippen molar-refractivity contribution >= 4 is 5.91 Å². The highest BCUT2D eigenvalue weighted by Gasteiger charge is 2.64. The zero-order valence-corrected chi connectivity index (χ0v) is 21.9. The Kier molecular flexibility index (Phi) is 7.90. The molecule has 0 radical (unpaired) electrons. The van der Waals surface area contributed by atoms with Crippen LogP contribution in [0.1, 0.15) is 42.7 Å². The summed E-state index contributed by atoms with van der Waals surface area (Å²) in [6.07, 6.45) is -2.56. The molecule has 0 saturated carbocycles. The van der Waals surface area contributed by atoms with Crippen LogP contribution in [0, 0.1) is 11.2 Å². The van der Waals surface area contributed by atoms with Gasteiger partial charge >= 0.3 is 6.18 Å². The minimum absolute atomic E-state index is 0.0506. The van der Waals surface area contributed by atoms with Gasteiger partial charge in [-0.15, -0.1) is 0 Å². The van der Waals surface area contributed by atoms with Gasteiger partial charge < -0.3 is 24.4 Å². The van der Waals surface area contributed by atoms with Crippen molar-refractivity contribution in [3.8, 4) is 5.75 Å². The molecule has 6 nitrogen and oxygen atoms in total. The van der Waals surface area contributed by atoms with Crippen LogP contribution in [0.2, 0.25) is 0 Å². The van der Waals surface area contributed by atoms with Crippen LogP contribution in [0.15, 0.2) is 48.5 Å². The van der Waals surface area contributed by atoms with Crippen molar-refractivity contribution in [1.82, 2.24) is 10.2 Å². The molecule has 3 saturated heterocycles. The number of carbonyl (C=O) groups excluding carboxylic acids is 1. The molecule has 2 aromatic rings. The van der Waals surface area contributed by atoms with Crippen molar-refractivity contribution in [2.45, 2.75) is 49.5 Å². The van der Waals surface area contributed by atoms with Gasteiger partial charge in [0.1, 0.15) is 17.7 Å². The van der Waals surface area contributed by atoms with Crippen LogP contribution >= 0.6 is 0 Å². The lowest BCUT2D eigenvalue weighted by molar-refractivity contribution is -0.271. The Labute approximate surface area is 225 Å². The van der Waals surface area contributed by atoms with E-state index >= 15 is 0 Å². The van der Waals surface area contributed by atoms with E-state index in [1.807, 2.05) is 0 Å². The molecular formula is C29H34F4N2O4. The highest BCUT2D eigenvalue weighted by molar-refractivity contribution is 5.88.